The summed E-state index contributed by atoms with van der Waals surface area (Å²) in [5.74, 6) is 0.0651. The predicted octanol–water partition coefficient (Wildman–Crippen LogP) is 4.22. The van der Waals surface area contributed by atoms with Crippen LogP contribution in [0.2, 0.25) is 0 Å². The standard InChI is InChI=1S/C22H30N2O2S/c1-16-8-9-19(12-17(16)2)18(3)23-22(25)15-24(13-20-6-4-10-26-20)14-21-7-5-11-27-21/h5,7-9,11-12,18,20H,4,6,10,13-15H2,1-3H3,(H,23,25)/t18-,20+/m0/s1. The molecule has 0 spiro atoms. The lowest BCUT2D eigenvalue weighted by Gasteiger charge is -2.25. The second-order valence-electron chi connectivity index (χ2n) is 7.52. The summed E-state index contributed by atoms with van der Waals surface area (Å²) in [5.41, 5.74) is 3.68. The normalized spacial score (nSPS) is 18.0. The van der Waals surface area contributed by atoms with Crippen molar-refractivity contribution in [3.8, 4) is 0 Å². The van der Waals surface area contributed by atoms with Crippen molar-refractivity contribution in [3.63, 3.8) is 0 Å². The van der Waals surface area contributed by atoms with E-state index in [0.717, 1.165) is 38.1 Å². The minimum Gasteiger partial charge on any atom is -0.377 e. The van der Waals surface area contributed by atoms with E-state index in [1.165, 1.54) is 16.0 Å². The zero-order valence-electron chi connectivity index (χ0n) is 16.5. The topological polar surface area (TPSA) is 41.6 Å². The predicted molar refractivity (Wildman–Crippen MR) is 111 cm³/mol. The first-order valence-electron chi connectivity index (χ1n) is 9.74. The molecule has 2 atom stereocenters. The zero-order valence-corrected chi connectivity index (χ0v) is 17.3. The Hall–Kier alpha value is -1.69. The van der Waals surface area contributed by atoms with Crippen LogP contribution in [-0.4, -0.2) is 36.6 Å². The number of benzene rings is 1. The van der Waals surface area contributed by atoms with E-state index in [9.17, 15) is 4.79 Å². The van der Waals surface area contributed by atoms with Gasteiger partial charge < -0.3 is 10.1 Å². The summed E-state index contributed by atoms with van der Waals surface area (Å²) in [5, 5.41) is 5.24. The van der Waals surface area contributed by atoms with Gasteiger partial charge in [0.2, 0.25) is 5.91 Å². The van der Waals surface area contributed by atoms with Crippen molar-refractivity contribution >= 4 is 17.2 Å². The summed E-state index contributed by atoms with van der Waals surface area (Å²) in [6.45, 7) is 9.10. The van der Waals surface area contributed by atoms with Crippen molar-refractivity contribution in [3.05, 3.63) is 57.3 Å². The first-order valence-corrected chi connectivity index (χ1v) is 10.6. The van der Waals surface area contributed by atoms with Crippen LogP contribution >= 0.6 is 11.3 Å². The van der Waals surface area contributed by atoms with Crippen LogP contribution in [0.1, 0.15) is 47.4 Å². The van der Waals surface area contributed by atoms with E-state index in [2.05, 4.69) is 59.8 Å². The molecule has 1 aliphatic heterocycles. The van der Waals surface area contributed by atoms with Gasteiger partial charge in [-0.15, -0.1) is 11.3 Å². The number of hydrogen-bond donors (Lipinski definition) is 1. The van der Waals surface area contributed by atoms with E-state index in [0.29, 0.717) is 6.54 Å². The fraction of sp³-hybridized carbons (Fsp3) is 0.500. The van der Waals surface area contributed by atoms with E-state index in [4.69, 9.17) is 4.74 Å². The molecule has 0 aliphatic carbocycles. The third kappa shape index (κ3) is 5.89. The molecule has 5 heteroatoms. The fourth-order valence-corrected chi connectivity index (χ4v) is 4.24. The van der Waals surface area contributed by atoms with Gasteiger partial charge in [0.1, 0.15) is 0 Å². The maximum absolute atomic E-state index is 12.7. The highest BCUT2D eigenvalue weighted by molar-refractivity contribution is 7.09. The van der Waals surface area contributed by atoms with Gasteiger partial charge in [0.05, 0.1) is 18.7 Å². The van der Waals surface area contributed by atoms with Crippen LogP contribution in [0.15, 0.2) is 35.7 Å². The van der Waals surface area contributed by atoms with Gasteiger partial charge in [0.15, 0.2) is 0 Å². The molecular weight excluding hydrogens is 356 g/mol. The van der Waals surface area contributed by atoms with Crippen molar-refractivity contribution in [2.45, 2.75) is 52.3 Å². The number of hydrogen-bond acceptors (Lipinski definition) is 4. The van der Waals surface area contributed by atoms with Crippen molar-refractivity contribution in [1.29, 1.82) is 0 Å². The van der Waals surface area contributed by atoms with Crippen molar-refractivity contribution in [2.24, 2.45) is 0 Å². The molecule has 1 fully saturated rings. The highest BCUT2D eigenvalue weighted by atomic mass is 32.1. The van der Waals surface area contributed by atoms with Crippen LogP contribution in [0.4, 0.5) is 0 Å². The number of nitrogens with one attached hydrogen (secondary N) is 1. The van der Waals surface area contributed by atoms with Gasteiger partial charge in [-0.2, -0.15) is 0 Å². The minimum atomic E-state index is 0.00289. The number of nitrogens with zero attached hydrogens (tertiary/aromatic N) is 1. The SMILES string of the molecule is Cc1ccc([C@H](C)NC(=O)CN(Cc2cccs2)C[C@H]2CCCO2)cc1C. The maximum atomic E-state index is 12.7. The Kier molecular flexibility index (Phi) is 7.05. The van der Waals surface area contributed by atoms with Gasteiger partial charge in [-0.3, -0.25) is 9.69 Å². The van der Waals surface area contributed by atoms with Crippen molar-refractivity contribution in [1.82, 2.24) is 10.2 Å². The Morgan fingerprint density at radius 2 is 2.19 bits per heavy atom. The molecule has 1 aromatic heterocycles. The lowest BCUT2D eigenvalue weighted by molar-refractivity contribution is -0.123. The first kappa shape index (κ1) is 20.1. The second kappa shape index (κ2) is 9.49. The summed E-state index contributed by atoms with van der Waals surface area (Å²) in [7, 11) is 0. The van der Waals surface area contributed by atoms with E-state index < -0.39 is 0 Å². The summed E-state index contributed by atoms with van der Waals surface area (Å²) < 4.78 is 5.79. The number of ether oxygens (including phenoxy) is 1. The third-order valence-corrected chi connectivity index (χ3v) is 6.08. The van der Waals surface area contributed by atoms with Crippen molar-refractivity contribution < 1.29 is 9.53 Å². The van der Waals surface area contributed by atoms with Crippen molar-refractivity contribution in [2.75, 3.05) is 19.7 Å². The summed E-state index contributed by atoms with van der Waals surface area (Å²) >= 11 is 1.74. The number of amides is 1. The van der Waals surface area contributed by atoms with E-state index >= 15 is 0 Å². The van der Waals surface area contributed by atoms with Crippen LogP contribution in [-0.2, 0) is 16.1 Å². The molecule has 1 aliphatic rings. The molecule has 4 nitrogen and oxygen atoms in total. The molecule has 0 saturated carbocycles. The summed E-state index contributed by atoms with van der Waals surface area (Å²) in [6.07, 6.45) is 2.45. The van der Waals surface area contributed by atoms with Gasteiger partial charge >= 0.3 is 0 Å². The summed E-state index contributed by atoms with van der Waals surface area (Å²) in [6, 6.07) is 10.6. The smallest absolute Gasteiger partial charge is 0.234 e. The number of thiophene rings is 1. The Labute approximate surface area is 166 Å². The third-order valence-electron chi connectivity index (χ3n) is 5.22. The molecule has 0 bridgehead atoms. The maximum Gasteiger partial charge on any atom is 0.234 e. The molecule has 0 unspecified atom stereocenters. The van der Waals surface area contributed by atoms with Crippen LogP contribution in [0.5, 0.6) is 0 Å². The Morgan fingerprint density at radius 1 is 1.33 bits per heavy atom. The van der Waals surface area contributed by atoms with Crippen LogP contribution < -0.4 is 5.32 Å². The monoisotopic (exact) mass is 386 g/mol. The Bertz CT molecular complexity index is 739. The molecule has 146 valence electrons. The molecule has 2 aromatic rings. The molecule has 1 N–H and O–H groups in total. The van der Waals surface area contributed by atoms with E-state index in [1.807, 2.05) is 6.92 Å². The average molecular weight is 387 g/mol. The highest BCUT2D eigenvalue weighted by Gasteiger charge is 2.22. The molecule has 1 saturated heterocycles. The van der Waals surface area contributed by atoms with Gasteiger partial charge in [-0.05, 0) is 61.7 Å². The van der Waals surface area contributed by atoms with Gasteiger partial charge in [0.25, 0.3) is 0 Å². The molecule has 3 rings (SSSR count). The Morgan fingerprint density at radius 3 is 2.85 bits per heavy atom. The molecule has 1 aromatic carbocycles. The molecule has 27 heavy (non-hydrogen) atoms. The highest BCUT2D eigenvalue weighted by Crippen LogP contribution is 2.19. The van der Waals surface area contributed by atoms with Gasteiger partial charge in [-0.25, -0.2) is 0 Å². The molecule has 0 radical (unpaired) electrons. The number of aryl methyl sites for hydroxylation is 2. The quantitative estimate of drug-likeness (QED) is 0.738. The molecule has 1 amide bonds. The van der Waals surface area contributed by atoms with E-state index in [1.54, 1.807) is 11.3 Å². The largest absolute Gasteiger partial charge is 0.377 e. The molecular formula is C22H30N2O2S. The van der Waals surface area contributed by atoms with Crippen LogP contribution in [0.25, 0.3) is 0 Å². The van der Waals surface area contributed by atoms with Gasteiger partial charge in [0, 0.05) is 24.6 Å². The number of carbonyl (C=O) groups is 1. The number of carbonyl (C=O) groups excluding carboxylic acids is 1. The average Bonchev–Trinajstić information content (AvgIpc) is 3.31. The minimum absolute atomic E-state index is 0.00289. The van der Waals surface area contributed by atoms with E-state index in [-0.39, 0.29) is 18.1 Å². The van der Waals surface area contributed by atoms with Crippen LogP contribution in [0, 0.1) is 13.8 Å². The fourth-order valence-electron chi connectivity index (χ4n) is 3.49. The Balaban J connectivity index is 1.59. The summed E-state index contributed by atoms with van der Waals surface area (Å²) in [4.78, 5) is 16.2. The molecule has 2 heterocycles. The first-order chi connectivity index (χ1) is 13.0. The zero-order chi connectivity index (χ0) is 19.2. The lowest BCUT2D eigenvalue weighted by atomic mass is 10.0. The second-order valence-corrected chi connectivity index (χ2v) is 8.55. The van der Waals surface area contributed by atoms with Crippen LogP contribution in [0.3, 0.4) is 0 Å². The van der Waals surface area contributed by atoms with Gasteiger partial charge in [-0.1, -0.05) is 24.3 Å². The lowest BCUT2D eigenvalue weighted by Crippen LogP contribution is -2.41. The number of rotatable bonds is 8.